The van der Waals surface area contributed by atoms with Crippen molar-refractivity contribution in [2.24, 2.45) is 0 Å². The molecular weight excluding hydrogens is 138 g/mol. The first-order valence-corrected chi connectivity index (χ1v) is 2.99. The highest BCUT2D eigenvalue weighted by Gasteiger charge is 2.01. The van der Waals surface area contributed by atoms with Crippen LogP contribution in [0.15, 0.2) is 12.4 Å². The Labute approximate surface area is 65.0 Å². The Morgan fingerprint density at radius 1 is 1.18 bits per heavy atom. The van der Waals surface area contributed by atoms with Gasteiger partial charge >= 0.3 is 0 Å². The first-order valence-electron chi connectivity index (χ1n) is 2.99. The highest BCUT2D eigenvalue weighted by atomic mass is 14.8. The zero-order valence-corrected chi connectivity index (χ0v) is 6.00. The quantitative estimate of drug-likeness (QED) is 0.511. The van der Waals surface area contributed by atoms with Crippen molar-refractivity contribution in [1.29, 1.82) is 0 Å². The fourth-order valence-corrected chi connectivity index (χ4v) is 0.729. The zero-order valence-electron chi connectivity index (χ0n) is 6.00. The number of nitrogens with zero attached hydrogens (tertiary/aromatic N) is 3. The van der Waals surface area contributed by atoms with Gasteiger partial charge in [0.15, 0.2) is 11.4 Å². The summed E-state index contributed by atoms with van der Waals surface area (Å²) in [7, 11) is 0. The maximum absolute atomic E-state index is 6.74. The minimum Gasteiger partial charge on any atom is -0.288 e. The van der Waals surface area contributed by atoms with Gasteiger partial charge in [-0.25, -0.2) is 9.69 Å². The van der Waals surface area contributed by atoms with Gasteiger partial charge in [-0.15, -0.1) is 0 Å². The maximum atomic E-state index is 6.74. The van der Waals surface area contributed by atoms with Crippen LogP contribution >= 0.6 is 0 Å². The van der Waals surface area contributed by atoms with Crippen LogP contribution in [0.5, 0.6) is 0 Å². The van der Waals surface area contributed by atoms with E-state index in [2.05, 4.69) is 14.7 Å². The average molecular weight is 143 g/mol. The van der Waals surface area contributed by atoms with E-state index in [1.54, 1.807) is 6.92 Å². The van der Waals surface area contributed by atoms with Gasteiger partial charge in [-0.1, -0.05) is 6.92 Å². The normalized spacial score (nSPS) is 8.27. The van der Waals surface area contributed by atoms with Crippen LogP contribution in [0.3, 0.4) is 0 Å². The van der Waals surface area contributed by atoms with Crippen LogP contribution in [-0.4, -0.2) is 4.98 Å². The van der Waals surface area contributed by atoms with Crippen LogP contribution in [0, 0.1) is 20.1 Å². The molecule has 0 radical (unpaired) electrons. The zero-order chi connectivity index (χ0) is 8.27. The molecule has 1 aromatic heterocycles. The van der Waals surface area contributed by atoms with Gasteiger partial charge in [0, 0.05) is 12.4 Å². The SMILES string of the molecule is [C-]#[N+]c1cncc([N+]#[C-])c1C. The molecule has 0 bridgehead atoms. The van der Waals surface area contributed by atoms with Gasteiger partial charge in [0.25, 0.3) is 0 Å². The van der Waals surface area contributed by atoms with E-state index >= 15 is 0 Å². The molecule has 1 rings (SSSR count). The van der Waals surface area contributed by atoms with Crippen LogP contribution in [0.1, 0.15) is 5.56 Å². The number of pyridine rings is 1. The predicted molar refractivity (Wildman–Crippen MR) is 41.5 cm³/mol. The van der Waals surface area contributed by atoms with Crippen molar-refractivity contribution >= 4 is 11.4 Å². The van der Waals surface area contributed by atoms with Gasteiger partial charge in [-0.3, -0.25) is 4.98 Å². The van der Waals surface area contributed by atoms with E-state index in [1.807, 2.05) is 0 Å². The van der Waals surface area contributed by atoms with E-state index in [1.165, 1.54) is 12.4 Å². The van der Waals surface area contributed by atoms with Gasteiger partial charge in [-0.2, -0.15) is 0 Å². The Bertz CT molecular complexity index is 322. The van der Waals surface area contributed by atoms with Gasteiger partial charge in [0.2, 0.25) is 0 Å². The minimum absolute atomic E-state index is 0.457. The molecule has 0 N–H and O–H groups in total. The first-order chi connectivity index (χ1) is 5.29. The highest BCUT2D eigenvalue weighted by molar-refractivity contribution is 5.63. The van der Waals surface area contributed by atoms with E-state index in [0.717, 1.165) is 0 Å². The van der Waals surface area contributed by atoms with E-state index in [-0.39, 0.29) is 0 Å². The lowest BCUT2D eigenvalue weighted by Crippen LogP contribution is -1.75. The molecule has 0 fully saturated rings. The number of hydrogen-bond donors (Lipinski definition) is 0. The largest absolute Gasteiger partial charge is 0.288 e. The molecular formula is C8H5N3. The van der Waals surface area contributed by atoms with Crippen molar-refractivity contribution in [3.63, 3.8) is 0 Å². The molecule has 11 heavy (non-hydrogen) atoms. The summed E-state index contributed by atoms with van der Waals surface area (Å²) in [6, 6.07) is 0. The maximum Gasteiger partial charge on any atom is 0.197 e. The number of hydrogen-bond acceptors (Lipinski definition) is 1. The molecule has 3 heteroatoms. The van der Waals surface area contributed by atoms with Crippen LogP contribution in [0.25, 0.3) is 9.69 Å². The second-order valence-corrected chi connectivity index (χ2v) is 2.03. The fraction of sp³-hybridized carbons (Fsp3) is 0.125. The summed E-state index contributed by atoms with van der Waals surface area (Å²) in [6.45, 7) is 15.2. The molecule has 0 amide bonds. The van der Waals surface area contributed by atoms with E-state index < -0.39 is 0 Å². The van der Waals surface area contributed by atoms with Crippen molar-refractivity contribution in [2.75, 3.05) is 0 Å². The standard InChI is InChI=1S/C8H5N3/c1-6-7(9-2)4-11-5-8(6)10-3/h4-5H,1H3. The third-order valence-corrected chi connectivity index (χ3v) is 1.40. The van der Waals surface area contributed by atoms with Crippen molar-refractivity contribution in [1.82, 2.24) is 4.98 Å². The Balaban J connectivity index is 3.38. The molecule has 0 aliphatic heterocycles. The van der Waals surface area contributed by atoms with Crippen LogP contribution < -0.4 is 0 Å². The monoisotopic (exact) mass is 143 g/mol. The third-order valence-electron chi connectivity index (χ3n) is 1.40. The van der Waals surface area contributed by atoms with Crippen molar-refractivity contribution < 1.29 is 0 Å². The van der Waals surface area contributed by atoms with Gasteiger partial charge in [0.1, 0.15) is 0 Å². The lowest BCUT2D eigenvalue weighted by molar-refractivity contribution is 1.31. The first kappa shape index (κ1) is 7.24. The molecule has 0 saturated carbocycles. The lowest BCUT2D eigenvalue weighted by atomic mass is 10.2. The summed E-state index contributed by atoms with van der Waals surface area (Å²) in [5.41, 5.74) is 1.63. The van der Waals surface area contributed by atoms with Crippen LogP contribution in [0.2, 0.25) is 0 Å². The molecule has 1 aromatic rings. The molecule has 0 spiro atoms. The van der Waals surface area contributed by atoms with E-state index in [9.17, 15) is 0 Å². The Morgan fingerprint density at radius 2 is 1.64 bits per heavy atom. The van der Waals surface area contributed by atoms with Crippen molar-refractivity contribution in [3.8, 4) is 0 Å². The molecule has 52 valence electrons. The van der Waals surface area contributed by atoms with Gasteiger partial charge in [0.05, 0.1) is 13.1 Å². The second kappa shape index (κ2) is 2.81. The van der Waals surface area contributed by atoms with Gasteiger partial charge in [-0.05, 0) is 5.56 Å². The molecule has 0 atom stereocenters. The Morgan fingerprint density at radius 3 is 2.00 bits per heavy atom. The molecule has 0 saturated heterocycles. The van der Waals surface area contributed by atoms with Crippen molar-refractivity contribution in [2.45, 2.75) is 6.92 Å². The predicted octanol–water partition coefficient (Wildman–Crippen LogP) is 2.49. The second-order valence-electron chi connectivity index (χ2n) is 2.03. The summed E-state index contributed by atoms with van der Waals surface area (Å²) in [5, 5.41) is 0. The van der Waals surface area contributed by atoms with E-state index in [4.69, 9.17) is 13.1 Å². The summed E-state index contributed by atoms with van der Waals surface area (Å²) < 4.78 is 0. The van der Waals surface area contributed by atoms with Crippen LogP contribution in [-0.2, 0) is 0 Å². The smallest absolute Gasteiger partial charge is 0.197 e. The lowest BCUT2D eigenvalue weighted by Gasteiger charge is -1.96. The molecule has 0 aromatic carbocycles. The Hall–Kier alpha value is -1.87. The number of rotatable bonds is 0. The van der Waals surface area contributed by atoms with E-state index in [0.29, 0.717) is 16.9 Å². The number of aromatic nitrogens is 1. The molecule has 3 nitrogen and oxygen atoms in total. The fourth-order valence-electron chi connectivity index (χ4n) is 0.729. The third kappa shape index (κ3) is 1.17. The summed E-state index contributed by atoms with van der Waals surface area (Å²) in [4.78, 5) is 10.2. The minimum atomic E-state index is 0.457. The summed E-state index contributed by atoms with van der Waals surface area (Å²) in [5.74, 6) is 0. The summed E-state index contributed by atoms with van der Waals surface area (Å²) in [6.07, 6.45) is 2.94. The molecule has 0 aliphatic rings. The highest BCUT2D eigenvalue weighted by Crippen LogP contribution is 2.25. The molecule has 0 unspecified atom stereocenters. The summed E-state index contributed by atoms with van der Waals surface area (Å²) >= 11 is 0. The van der Waals surface area contributed by atoms with Gasteiger partial charge < -0.3 is 0 Å². The molecule has 1 heterocycles. The van der Waals surface area contributed by atoms with Crippen LogP contribution in [0.4, 0.5) is 11.4 Å². The molecule has 0 aliphatic carbocycles. The topological polar surface area (TPSA) is 21.6 Å². The average Bonchev–Trinajstić information content (AvgIpc) is 2.05. The van der Waals surface area contributed by atoms with Crippen molar-refractivity contribution in [3.05, 3.63) is 40.8 Å². The Kier molecular flexibility index (Phi) is 1.85.